The minimum atomic E-state index is 0.398. The van der Waals surface area contributed by atoms with Gasteiger partial charge in [-0.05, 0) is 32.7 Å². The Morgan fingerprint density at radius 1 is 1.50 bits per heavy atom. The van der Waals surface area contributed by atoms with Gasteiger partial charge in [-0.3, -0.25) is 0 Å². The Kier molecular flexibility index (Phi) is 3.42. The van der Waals surface area contributed by atoms with E-state index in [4.69, 9.17) is 4.74 Å². The summed E-state index contributed by atoms with van der Waals surface area (Å²) < 4.78 is 5.69. The Bertz CT molecular complexity index is 176. The first-order chi connectivity index (χ1) is 6.77. The van der Waals surface area contributed by atoms with Crippen LogP contribution in [-0.4, -0.2) is 50.3 Å². The number of nitrogens with one attached hydrogen (secondary N) is 1. The van der Waals surface area contributed by atoms with Crippen LogP contribution in [0.1, 0.15) is 19.8 Å². The molecule has 0 aromatic heterocycles. The lowest BCUT2D eigenvalue weighted by Crippen LogP contribution is -2.46. The molecule has 1 heterocycles. The highest BCUT2D eigenvalue weighted by Gasteiger charge is 2.31. The normalized spacial score (nSPS) is 30.6. The zero-order valence-electron chi connectivity index (χ0n) is 9.33. The fraction of sp³-hybridized carbons (Fsp3) is 1.00. The van der Waals surface area contributed by atoms with Crippen LogP contribution in [0.5, 0.6) is 0 Å². The fourth-order valence-electron chi connectivity index (χ4n) is 2.16. The Balaban J connectivity index is 1.71. The molecule has 0 radical (unpaired) electrons. The third-order valence-corrected chi connectivity index (χ3v) is 3.50. The highest BCUT2D eigenvalue weighted by atomic mass is 16.5. The van der Waals surface area contributed by atoms with E-state index in [2.05, 4.69) is 24.2 Å². The lowest BCUT2D eigenvalue weighted by atomic mass is 10.1. The fourth-order valence-corrected chi connectivity index (χ4v) is 2.16. The molecule has 1 aliphatic heterocycles. The third-order valence-electron chi connectivity index (χ3n) is 3.50. The SMILES string of the molecule is CC(C1CC1)N(C)CC1CNCCO1. The number of likely N-dealkylation sites (N-methyl/N-ethyl adjacent to an activating group) is 1. The Labute approximate surface area is 86.8 Å². The van der Waals surface area contributed by atoms with Crippen LogP contribution in [0.25, 0.3) is 0 Å². The smallest absolute Gasteiger partial charge is 0.0826 e. The van der Waals surface area contributed by atoms with Crippen LogP contribution in [0.15, 0.2) is 0 Å². The minimum Gasteiger partial charge on any atom is -0.374 e. The number of nitrogens with zero attached hydrogens (tertiary/aromatic N) is 1. The van der Waals surface area contributed by atoms with E-state index in [1.807, 2.05) is 0 Å². The molecular weight excluding hydrogens is 176 g/mol. The summed E-state index contributed by atoms with van der Waals surface area (Å²) in [5, 5.41) is 3.37. The summed E-state index contributed by atoms with van der Waals surface area (Å²) in [4.78, 5) is 2.45. The molecule has 2 fully saturated rings. The third kappa shape index (κ3) is 2.69. The molecule has 2 rings (SSSR count). The van der Waals surface area contributed by atoms with Gasteiger partial charge >= 0.3 is 0 Å². The molecule has 1 N–H and O–H groups in total. The van der Waals surface area contributed by atoms with Crippen LogP contribution in [0.2, 0.25) is 0 Å². The molecule has 82 valence electrons. The summed E-state index contributed by atoms with van der Waals surface area (Å²) in [6.07, 6.45) is 3.25. The van der Waals surface area contributed by atoms with Crippen molar-refractivity contribution in [3.8, 4) is 0 Å². The second-order valence-corrected chi connectivity index (χ2v) is 4.71. The van der Waals surface area contributed by atoms with Crippen molar-refractivity contribution in [3.63, 3.8) is 0 Å². The van der Waals surface area contributed by atoms with E-state index in [-0.39, 0.29) is 0 Å². The molecule has 0 bridgehead atoms. The molecule has 0 aromatic carbocycles. The first-order valence-electron chi connectivity index (χ1n) is 5.80. The molecule has 3 nitrogen and oxygen atoms in total. The summed E-state index contributed by atoms with van der Waals surface area (Å²) in [5.74, 6) is 0.955. The highest BCUT2D eigenvalue weighted by molar-refractivity contribution is 4.85. The molecule has 2 atom stereocenters. The van der Waals surface area contributed by atoms with Crippen molar-refractivity contribution in [2.24, 2.45) is 5.92 Å². The first kappa shape index (κ1) is 10.4. The Morgan fingerprint density at radius 3 is 2.86 bits per heavy atom. The van der Waals surface area contributed by atoms with Gasteiger partial charge in [-0.15, -0.1) is 0 Å². The second-order valence-electron chi connectivity index (χ2n) is 4.71. The van der Waals surface area contributed by atoms with Crippen molar-refractivity contribution in [2.75, 3.05) is 33.3 Å². The zero-order chi connectivity index (χ0) is 9.97. The first-order valence-corrected chi connectivity index (χ1v) is 5.80. The van der Waals surface area contributed by atoms with Gasteiger partial charge in [0.25, 0.3) is 0 Å². The standard InChI is InChI=1S/C11H22N2O/c1-9(10-3-4-10)13(2)8-11-7-12-5-6-14-11/h9-12H,3-8H2,1-2H3. The van der Waals surface area contributed by atoms with Gasteiger partial charge in [0.05, 0.1) is 12.7 Å². The molecule has 1 aliphatic carbocycles. The molecule has 0 aromatic rings. The van der Waals surface area contributed by atoms with Crippen molar-refractivity contribution in [1.82, 2.24) is 10.2 Å². The van der Waals surface area contributed by atoms with E-state index in [9.17, 15) is 0 Å². The maximum Gasteiger partial charge on any atom is 0.0826 e. The van der Waals surface area contributed by atoms with Crippen molar-refractivity contribution in [3.05, 3.63) is 0 Å². The van der Waals surface area contributed by atoms with Crippen LogP contribution in [0.3, 0.4) is 0 Å². The van der Waals surface area contributed by atoms with Crippen molar-refractivity contribution in [1.29, 1.82) is 0 Å². The largest absolute Gasteiger partial charge is 0.374 e. The lowest BCUT2D eigenvalue weighted by Gasteiger charge is -2.31. The molecule has 1 saturated carbocycles. The van der Waals surface area contributed by atoms with Crippen LogP contribution in [-0.2, 0) is 4.74 Å². The maximum atomic E-state index is 5.69. The van der Waals surface area contributed by atoms with Gasteiger partial charge < -0.3 is 15.0 Å². The van der Waals surface area contributed by atoms with E-state index in [1.54, 1.807) is 0 Å². The number of hydrogen-bond donors (Lipinski definition) is 1. The van der Waals surface area contributed by atoms with Gasteiger partial charge in [0.2, 0.25) is 0 Å². The lowest BCUT2D eigenvalue weighted by molar-refractivity contribution is 0.00254. The van der Waals surface area contributed by atoms with Gasteiger partial charge in [-0.1, -0.05) is 0 Å². The van der Waals surface area contributed by atoms with Crippen LogP contribution >= 0.6 is 0 Å². The van der Waals surface area contributed by atoms with E-state index < -0.39 is 0 Å². The predicted octanol–water partition coefficient (Wildman–Crippen LogP) is 0.705. The average molecular weight is 198 g/mol. The molecule has 2 unspecified atom stereocenters. The summed E-state index contributed by atoms with van der Waals surface area (Å²) in [7, 11) is 2.22. The zero-order valence-corrected chi connectivity index (χ0v) is 9.33. The summed E-state index contributed by atoms with van der Waals surface area (Å²) in [5.41, 5.74) is 0. The summed E-state index contributed by atoms with van der Waals surface area (Å²) >= 11 is 0. The molecule has 2 aliphatic rings. The van der Waals surface area contributed by atoms with Gasteiger partial charge in [0.1, 0.15) is 0 Å². The Hall–Kier alpha value is -0.120. The van der Waals surface area contributed by atoms with Crippen LogP contribution in [0.4, 0.5) is 0 Å². The highest BCUT2D eigenvalue weighted by Crippen LogP contribution is 2.34. The van der Waals surface area contributed by atoms with Crippen LogP contribution in [0, 0.1) is 5.92 Å². The maximum absolute atomic E-state index is 5.69. The molecular formula is C11H22N2O. The van der Waals surface area contributed by atoms with E-state index in [0.717, 1.165) is 38.2 Å². The molecule has 0 amide bonds. The summed E-state index contributed by atoms with van der Waals surface area (Å²) in [6.45, 7) is 6.31. The number of morpholine rings is 1. The van der Waals surface area contributed by atoms with Crippen molar-refractivity contribution in [2.45, 2.75) is 31.9 Å². The van der Waals surface area contributed by atoms with Gasteiger partial charge in [0.15, 0.2) is 0 Å². The average Bonchev–Trinajstić information content (AvgIpc) is 3.01. The van der Waals surface area contributed by atoms with E-state index in [0.29, 0.717) is 6.10 Å². The molecule has 3 heteroatoms. The topological polar surface area (TPSA) is 24.5 Å². The minimum absolute atomic E-state index is 0.398. The molecule has 14 heavy (non-hydrogen) atoms. The molecule has 1 saturated heterocycles. The number of rotatable bonds is 4. The predicted molar refractivity (Wildman–Crippen MR) is 57.4 cm³/mol. The number of hydrogen-bond acceptors (Lipinski definition) is 3. The second kappa shape index (κ2) is 4.60. The van der Waals surface area contributed by atoms with Crippen molar-refractivity contribution < 1.29 is 4.74 Å². The monoisotopic (exact) mass is 198 g/mol. The van der Waals surface area contributed by atoms with E-state index >= 15 is 0 Å². The van der Waals surface area contributed by atoms with Crippen molar-refractivity contribution >= 4 is 0 Å². The Morgan fingerprint density at radius 2 is 2.29 bits per heavy atom. The summed E-state index contributed by atoms with van der Waals surface area (Å²) in [6, 6.07) is 0.737. The van der Waals surface area contributed by atoms with Gasteiger partial charge in [-0.2, -0.15) is 0 Å². The molecule has 0 spiro atoms. The van der Waals surface area contributed by atoms with Gasteiger partial charge in [-0.25, -0.2) is 0 Å². The quantitative estimate of drug-likeness (QED) is 0.720. The number of ether oxygens (including phenoxy) is 1. The van der Waals surface area contributed by atoms with Gasteiger partial charge in [0, 0.05) is 25.7 Å². The van der Waals surface area contributed by atoms with Crippen LogP contribution < -0.4 is 5.32 Å². The van der Waals surface area contributed by atoms with E-state index in [1.165, 1.54) is 12.8 Å².